The summed E-state index contributed by atoms with van der Waals surface area (Å²) in [7, 11) is -0.330. The average Bonchev–Trinajstić information content (AvgIpc) is 2.58. The van der Waals surface area contributed by atoms with Gasteiger partial charge in [0, 0.05) is 0 Å². The second kappa shape index (κ2) is 4.88. The van der Waals surface area contributed by atoms with E-state index >= 15 is 0 Å². The molecule has 1 fully saturated rings. The van der Waals surface area contributed by atoms with Gasteiger partial charge in [-0.3, -0.25) is 4.79 Å². The zero-order valence-corrected chi connectivity index (χ0v) is 13.2. The first-order valence-electron chi connectivity index (χ1n) is 7.41. The lowest BCUT2D eigenvalue weighted by Gasteiger charge is -2.32. The van der Waals surface area contributed by atoms with E-state index in [-0.39, 0.29) is 18.3 Å². The molecule has 0 bridgehead atoms. The minimum atomic E-state index is -0.691. The van der Waals surface area contributed by atoms with E-state index in [1.807, 2.05) is 40.7 Å². The van der Waals surface area contributed by atoms with E-state index in [1.54, 1.807) is 0 Å². The molecule has 0 amide bonds. The van der Waals surface area contributed by atoms with Gasteiger partial charge in [0.1, 0.15) is 0 Å². The molecule has 1 unspecified atom stereocenters. The highest BCUT2D eigenvalue weighted by Gasteiger charge is 2.53. The maximum Gasteiger partial charge on any atom is 0.490 e. The molecular weight excluding hydrogens is 255 g/mol. The van der Waals surface area contributed by atoms with Gasteiger partial charge in [0.15, 0.2) is 0 Å². The average molecular weight is 280 g/mol. The summed E-state index contributed by atoms with van der Waals surface area (Å²) in [6, 6.07) is 0. The number of aliphatic carboxylic acids is 1. The number of carboxylic acid groups (broad SMARTS) is 1. The summed E-state index contributed by atoms with van der Waals surface area (Å²) in [6.07, 6.45) is 4.64. The maximum absolute atomic E-state index is 11.4. The third-order valence-electron chi connectivity index (χ3n) is 5.33. The minimum Gasteiger partial charge on any atom is -0.481 e. The molecule has 0 aromatic heterocycles. The van der Waals surface area contributed by atoms with Crippen molar-refractivity contribution in [3.05, 3.63) is 11.5 Å². The van der Waals surface area contributed by atoms with E-state index in [1.165, 1.54) is 0 Å². The van der Waals surface area contributed by atoms with Crippen LogP contribution in [0.2, 0.25) is 0 Å². The Morgan fingerprint density at radius 1 is 1.30 bits per heavy atom. The molecule has 20 heavy (non-hydrogen) atoms. The zero-order chi connectivity index (χ0) is 15.2. The van der Waals surface area contributed by atoms with Gasteiger partial charge < -0.3 is 14.4 Å². The Morgan fingerprint density at radius 2 is 1.85 bits per heavy atom. The molecule has 1 saturated heterocycles. The van der Waals surface area contributed by atoms with Crippen LogP contribution in [-0.4, -0.2) is 29.4 Å². The van der Waals surface area contributed by atoms with Crippen LogP contribution in [0.5, 0.6) is 0 Å². The largest absolute Gasteiger partial charge is 0.490 e. The molecule has 0 aromatic carbocycles. The highest BCUT2D eigenvalue weighted by molar-refractivity contribution is 6.54. The summed E-state index contributed by atoms with van der Waals surface area (Å²) in [5.41, 5.74) is -0.198. The fourth-order valence-electron chi connectivity index (χ4n) is 2.79. The van der Waals surface area contributed by atoms with E-state index in [0.717, 1.165) is 11.9 Å². The quantitative estimate of drug-likeness (QED) is 0.806. The molecule has 4 nitrogen and oxygen atoms in total. The van der Waals surface area contributed by atoms with Crippen LogP contribution in [0, 0.1) is 5.41 Å². The smallest absolute Gasteiger partial charge is 0.481 e. The van der Waals surface area contributed by atoms with Gasteiger partial charge in [-0.1, -0.05) is 13.0 Å². The van der Waals surface area contributed by atoms with Crippen LogP contribution in [0.25, 0.3) is 0 Å². The van der Waals surface area contributed by atoms with E-state index in [0.29, 0.717) is 19.3 Å². The predicted octanol–water partition coefficient (Wildman–Crippen LogP) is 3.21. The molecule has 1 atom stereocenters. The summed E-state index contributed by atoms with van der Waals surface area (Å²) in [5, 5.41) is 9.41. The predicted molar refractivity (Wildman–Crippen MR) is 78.4 cm³/mol. The maximum atomic E-state index is 11.4. The highest BCUT2D eigenvalue weighted by Crippen LogP contribution is 2.44. The van der Waals surface area contributed by atoms with Gasteiger partial charge >= 0.3 is 13.1 Å². The summed E-state index contributed by atoms with van der Waals surface area (Å²) in [6.45, 7) is 10.1. The normalized spacial score (nSPS) is 32.0. The van der Waals surface area contributed by atoms with Crippen molar-refractivity contribution in [2.24, 2.45) is 5.41 Å². The molecule has 1 aliphatic heterocycles. The SMILES string of the molecule is CCC1(C(=O)O)CC=C(B2OC(C)(C)C(C)(C)O2)CC1. The van der Waals surface area contributed by atoms with Crippen LogP contribution < -0.4 is 0 Å². The first-order chi connectivity index (χ1) is 9.13. The number of hydrogen-bond donors (Lipinski definition) is 1. The molecule has 0 radical (unpaired) electrons. The Morgan fingerprint density at radius 3 is 2.20 bits per heavy atom. The number of allylic oxidation sites excluding steroid dienone is 2. The van der Waals surface area contributed by atoms with E-state index < -0.39 is 11.4 Å². The van der Waals surface area contributed by atoms with E-state index in [2.05, 4.69) is 0 Å². The van der Waals surface area contributed by atoms with Crippen LogP contribution in [-0.2, 0) is 14.1 Å². The van der Waals surface area contributed by atoms with Gasteiger partial charge in [-0.15, -0.1) is 0 Å². The Labute approximate surface area is 121 Å². The molecule has 112 valence electrons. The fraction of sp³-hybridized carbons (Fsp3) is 0.800. The van der Waals surface area contributed by atoms with Gasteiger partial charge in [0.05, 0.1) is 16.6 Å². The molecule has 5 heteroatoms. The van der Waals surface area contributed by atoms with Gasteiger partial charge in [-0.2, -0.15) is 0 Å². The zero-order valence-electron chi connectivity index (χ0n) is 13.2. The Kier molecular flexibility index (Phi) is 3.80. The van der Waals surface area contributed by atoms with Gasteiger partial charge in [-0.25, -0.2) is 0 Å². The molecule has 1 N–H and O–H groups in total. The topological polar surface area (TPSA) is 55.8 Å². The van der Waals surface area contributed by atoms with Crippen LogP contribution in [0.1, 0.15) is 60.3 Å². The molecule has 2 aliphatic rings. The summed E-state index contributed by atoms with van der Waals surface area (Å²) < 4.78 is 12.1. The lowest BCUT2D eigenvalue weighted by molar-refractivity contribution is -0.149. The number of carboxylic acids is 1. The minimum absolute atomic E-state index is 0.330. The second-order valence-electron chi connectivity index (χ2n) is 7.01. The summed E-state index contributed by atoms with van der Waals surface area (Å²) >= 11 is 0. The first kappa shape index (κ1) is 15.6. The monoisotopic (exact) mass is 280 g/mol. The number of rotatable bonds is 3. The van der Waals surface area contributed by atoms with Crippen molar-refractivity contribution in [1.29, 1.82) is 0 Å². The lowest BCUT2D eigenvalue weighted by atomic mass is 9.65. The van der Waals surface area contributed by atoms with Gasteiger partial charge in [0.25, 0.3) is 0 Å². The Bertz CT molecular complexity index is 425. The van der Waals surface area contributed by atoms with Crippen molar-refractivity contribution in [3.63, 3.8) is 0 Å². The van der Waals surface area contributed by atoms with Crippen LogP contribution in [0.15, 0.2) is 11.5 Å². The van der Waals surface area contributed by atoms with E-state index in [4.69, 9.17) is 9.31 Å². The van der Waals surface area contributed by atoms with Crippen molar-refractivity contribution < 1.29 is 19.2 Å². The first-order valence-corrected chi connectivity index (χ1v) is 7.41. The van der Waals surface area contributed by atoms with Crippen molar-refractivity contribution in [2.75, 3.05) is 0 Å². The highest BCUT2D eigenvalue weighted by atomic mass is 16.7. The van der Waals surface area contributed by atoms with Gasteiger partial charge in [0.2, 0.25) is 0 Å². The van der Waals surface area contributed by atoms with Crippen LogP contribution >= 0.6 is 0 Å². The van der Waals surface area contributed by atoms with Crippen LogP contribution in [0.4, 0.5) is 0 Å². The van der Waals surface area contributed by atoms with Crippen molar-refractivity contribution in [3.8, 4) is 0 Å². The molecule has 1 aliphatic carbocycles. The number of carbonyl (C=O) groups is 1. The Balaban J connectivity index is 2.13. The fourth-order valence-corrected chi connectivity index (χ4v) is 2.79. The van der Waals surface area contributed by atoms with Crippen LogP contribution in [0.3, 0.4) is 0 Å². The molecular formula is C15H25BO4. The molecule has 2 rings (SSSR count). The second-order valence-corrected chi connectivity index (χ2v) is 7.01. The molecule has 0 aromatic rings. The summed E-state index contributed by atoms with van der Waals surface area (Å²) in [5.74, 6) is -0.691. The lowest BCUT2D eigenvalue weighted by Crippen LogP contribution is -2.41. The van der Waals surface area contributed by atoms with Crippen molar-refractivity contribution in [1.82, 2.24) is 0 Å². The Hall–Kier alpha value is -0.805. The number of hydrogen-bond acceptors (Lipinski definition) is 3. The molecule has 0 spiro atoms. The standard InChI is InChI=1S/C15H25BO4/c1-6-15(12(17)18)9-7-11(8-10-15)16-19-13(2,3)14(4,5)20-16/h7H,6,8-10H2,1-5H3,(H,17,18). The van der Waals surface area contributed by atoms with Crippen molar-refractivity contribution in [2.45, 2.75) is 71.5 Å². The third kappa shape index (κ3) is 2.42. The van der Waals surface area contributed by atoms with Crippen molar-refractivity contribution >= 4 is 13.1 Å². The molecule has 0 saturated carbocycles. The summed E-state index contributed by atoms with van der Waals surface area (Å²) in [4.78, 5) is 11.4. The third-order valence-corrected chi connectivity index (χ3v) is 5.33. The van der Waals surface area contributed by atoms with E-state index in [9.17, 15) is 9.90 Å². The molecule has 1 heterocycles. The van der Waals surface area contributed by atoms with Gasteiger partial charge in [-0.05, 0) is 58.9 Å².